The van der Waals surface area contributed by atoms with E-state index in [1.165, 1.54) is 19.2 Å². The molecule has 172 valence electrons. The minimum Gasteiger partial charge on any atom is -0.442 e. The molecule has 3 aliphatic rings. The normalized spacial score (nSPS) is 21.8. The van der Waals surface area contributed by atoms with E-state index in [1.807, 2.05) is 18.3 Å². The van der Waals surface area contributed by atoms with E-state index in [4.69, 9.17) is 15.1 Å². The molecule has 0 radical (unpaired) electrons. The van der Waals surface area contributed by atoms with Crippen molar-refractivity contribution in [3.05, 3.63) is 66.9 Å². The molecule has 0 aromatic carbocycles. The highest BCUT2D eigenvalue weighted by Crippen LogP contribution is 2.37. The van der Waals surface area contributed by atoms with Crippen molar-refractivity contribution < 1.29 is 4.42 Å². The smallest absolute Gasteiger partial charge is 0.181 e. The van der Waals surface area contributed by atoms with Crippen LogP contribution in [0.15, 0.2) is 70.6 Å². The molecule has 9 heteroatoms. The number of rotatable bonds is 6. The number of oxazole rings is 1. The van der Waals surface area contributed by atoms with Crippen LogP contribution in [0.25, 0.3) is 5.70 Å². The van der Waals surface area contributed by atoms with Crippen LogP contribution < -0.4 is 21.3 Å². The SMILES string of the molecule is C=C(/N=C1\C(=C/N)C=C(c2cnco2)N1C1CCCC1)Nc1ccc(N2CCNCC2)cn1. The van der Waals surface area contributed by atoms with Crippen molar-refractivity contribution in [3.63, 3.8) is 0 Å². The van der Waals surface area contributed by atoms with Crippen molar-refractivity contribution in [1.82, 2.24) is 20.2 Å². The molecule has 2 aromatic rings. The monoisotopic (exact) mass is 446 g/mol. The summed E-state index contributed by atoms with van der Waals surface area (Å²) in [5.74, 6) is 2.68. The molecule has 2 fully saturated rings. The predicted molar refractivity (Wildman–Crippen MR) is 130 cm³/mol. The first kappa shape index (κ1) is 21.3. The van der Waals surface area contributed by atoms with Gasteiger partial charge in [-0.25, -0.2) is 15.0 Å². The Morgan fingerprint density at radius 1 is 1.24 bits per heavy atom. The van der Waals surface area contributed by atoms with Gasteiger partial charge in [0.25, 0.3) is 0 Å². The van der Waals surface area contributed by atoms with E-state index in [2.05, 4.69) is 43.0 Å². The zero-order valence-corrected chi connectivity index (χ0v) is 18.7. The number of aliphatic imine (C=N–C) groups is 1. The number of hydrogen-bond donors (Lipinski definition) is 3. The number of aromatic nitrogens is 2. The van der Waals surface area contributed by atoms with E-state index < -0.39 is 0 Å². The van der Waals surface area contributed by atoms with Gasteiger partial charge in [-0.05, 0) is 31.1 Å². The zero-order valence-electron chi connectivity index (χ0n) is 18.7. The van der Waals surface area contributed by atoms with E-state index in [0.29, 0.717) is 23.4 Å². The molecule has 1 saturated heterocycles. The Balaban J connectivity index is 1.35. The number of amidine groups is 1. The van der Waals surface area contributed by atoms with Crippen LogP contribution in [0.1, 0.15) is 31.4 Å². The highest BCUT2D eigenvalue weighted by Gasteiger charge is 2.35. The van der Waals surface area contributed by atoms with Gasteiger partial charge in [-0.3, -0.25) is 0 Å². The molecule has 0 spiro atoms. The molecule has 4 N–H and O–H groups in total. The van der Waals surface area contributed by atoms with Gasteiger partial charge in [-0.1, -0.05) is 19.4 Å². The molecule has 2 aliphatic heterocycles. The van der Waals surface area contributed by atoms with Gasteiger partial charge in [-0.15, -0.1) is 0 Å². The Labute approximate surface area is 193 Å². The van der Waals surface area contributed by atoms with Gasteiger partial charge < -0.3 is 30.6 Å². The van der Waals surface area contributed by atoms with E-state index in [-0.39, 0.29) is 0 Å². The fourth-order valence-corrected chi connectivity index (χ4v) is 4.71. The van der Waals surface area contributed by atoms with Gasteiger partial charge in [0.05, 0.1) is 23.8 Å². The van der Waals surface area contributed by atoms with Gasteiger partial charge in [0.2, 0.25) is 0 Å². The third-order valence-corrected chi connectivity index (χ3v) is 6.34. The van der Waals surface area contributed by atoms with E-state index in [0.717, 1.165) is 61.8 Å². The molecule has 1 saturated carbocycles. The Hall–Kier alpha value is -3.59. The van der Waals surface area contributed by atoms with E-state index >= 15 is 0 Å². The van der Waals surface area contributed by atoms with Crippen LogP contribution in [0.4, 0.5) is 11.5 Å². The molecule has 0 unspecified atom stereocenters. The molecule has 0 atom stereocenters. The second-order valence-corrected chi connectivity index (χ2v) is 8.47. The first-order chi connectivity index (χ1) is 16.2. The number of nitrogens with zero attached hydrogens (tertiary/aromatic N) is 5. The van der Waals surface area contributed by atoms with E-state index in [9.17, 15) is 0 Å². The quantitative estimate of drug-likeness (QED) is 0.622. The van der Waals surface area contributed by atoms with Crippen LogP contribution in [0, 0.1) is 0 Å². The maximum Gasteiger partial charge on any atom is 0.181 e. The molecule has 33 heavy (non-hydrogen) atoms. The molecule has 1 aliphatic carbocycles. The predicted octanol–water partition coefficient (Wildman–Crippen LogP) is 2.90. The minimum absolute atomic E-state index is 0.335. The maximum absolute atomic E-state index is 5.98. The minimum atomic E-state index is 0.335. The van der Waals surface area contributed by atoms with Gasteiger partial charge in [0, 0.05) is 44.0 Å². The summed E-state index contributed by atoms with van der Waals surface area (Å²) >= 11 is 0. The third-order valence-electron chi connectivity index (χ3n) is 6.34. The summed E-state index contributed by atoms with van der Waals surface area (Å²) in [4.78, 5) is 18.0. The van der Waals surface area contributed by atoms with Gasteiger partial charge in [0.1, 0.15) is 17.5 Å². The Morgan fingerprint density at radius 3 is 2.73 bits per heavy atom. The molecule has 2 aromatic heterocycles. The number of anilines is 2. The number of nitrogens with two attached hydrogens (primary N) is 1. The number of nitrogens with one attached hydrogen (secondary N) is 2. The average Bonchev–Trinajstić information content (AvgIpc) is 3.61. The lowest BCUT2D eigenvalue weighted by Crippen LogP contribution is -2.43. The number of pyridine rings is 1. The fraction of sp³-hybridized carbons (Fsp3) is 0.375. The second kappa shape index (κ2) is 9.50. The van der Waals surface area contributed by atoms with Crippen LogP contribution in [0.3, 0.4) is 0 Å². The molecule has 4 heterocycles. The van der Waals surface area contributed by atoms with Gasteiger partial charge in [0.15, 0.2) is 12.2 Å². The summed E-state index contributed by atoms with van der Waals surface area (Å²) in [7, 11) is 0. The van der Waals surface area contributed by atoms with E-state index in [1.54, 1.807) is 12.4 Å². The Bertz CT molecular complexity index is 1060. The Kier molecular flexibility index (Phi) is 6.12. The first-order valence-electron chi connectivity index (χ1n) is 11.5. The fourth-order valence-electron chi connectivity index (χ4n) is 4.71. The van der Waals surface area contributed by atoms with Crippen LogP contribution >= 0.6 is 0 Å². The van der Waals surface area contributed by atoms with Crippen molar-refractivity contribution >= 4 is 23.0 Å². The third kappa shape index (κ3) is 4.49. The van der Waals surface area contributed by atoms with Crippen LogP contribution in [0.2, 0.25) is 0 Å². The molecule has 9 nitrogen and oxygen atoms in total. The van der Waals surface area contributed by atoms with Crippen LogP contribution in [0.5, 0.6) is 0 Å². The summed E-state index contributed by atoms with van der Waals surface area (Å²) in [6.07, 6.45) is 13.2. The van der Waals surface area contributed by atoms with Crippen molar-refractivity contribution in [2.45, 2.75) is 31.7 Å². The summed E-state index contributed by atoms with van der Waals surface area (Å²) in [5.41, 5.74) is 8.87. The topological polar surface area (TPSA) is 108 Å². The standard InChI is InChI=1S/C24H30N8O/c1-17(29-23-7-6-20(14-28-23)31-10-8-26-9-11-31)30-24-18(13-25)12-21(22-15-27-16-33-22)32(24)19-4-2-3-5-19/h6-7,12-16,19,26H,1-5,8-11,25H2,(H,28,29)/b18-13-,30-24+. The Morgan fingerprint density at radius 2 is 2.06 bits per heavy atom. The first-order valence-corrected chi connectivity index (χ1v) is 11.5. The number of piperazine rings is 1. The number of hydrogen-bond acceptors (Lipinski definition) is 8. The molecule has 0 amide bonds. The highest BCUT2D eigenvalue weighted by molar-refractivity contribution is 6.11. The summed E-state index contributed by atoms with van der Waals surface area (Å²) < 4.78 is 5.61. The van der Waals surface area contributed by atoms with Crippen molar-refractivity contribution in [2.75, 3.05) is 36.4 Å². The summed E-state index contributed by atoms with van der Waals surface area (Å²) in [5, 5.41) is 6.60. The molecule has 0 bridgehead atoms. The highest BCUT2D eigenvalue weighted by atomic mass is 16.3. The van der Waals surface area contributed by atoms with Gasteiger partial charge >= 0.3 is 0 Å². The molecular weight excluding hydrogens is 416 g/mol. The zero-order chi connectivity index (χ0) is 22.6. The second-order valence-electron chi connectivity index (χ2n) is 8.47. The van der Waals surface area contributed by atoms with Crippen molar-refractivity contribution in [3.8, 4) is 0 Å². The van der Waals surface area contributed by atoms with Crippen LogP contribution in [-0.4, -0.2) is 52.9 Å². The molecular formula is C24H30N8O. The lowest BCUT2D eigenvalue weighted by molar-refractivity contribution is 0.415. The maximum atomic E-state index is 5.98. The van der Waals surface area contributed by atoms with Crippen molar-refractivity contribution in [2.24, 2.45) is 10.7 Å². The van der Waals surface area contributed by atoms with Crippen molar-refractivity contribution in [1.29, 1.82) is 0 Å². The summed E-state index contributed by atoms with van der Waals surface area (Å²) in [6.45, 7) is 8.09. The largest absolute Gasteiger partial charge is 0.442 e. The lowest BCUT2D eigenvalue weighted by atomic mass is 10.2. The summed E-state index contributed by atoms with van der Waals surface area (Å²) in [6, 6.07) is 4.38. The van der Waals surface area contributed by atoms with Gasteiger partial charge in [-0.2, -0.15) is 0 Å². The van der Waals surface area contributed by atoms with Crippen LogP contribution in [-0.2, 0) is 0 Å². The lowest BCUT2D eigenvalue weighted by Gasteiger charge is -2.29. The molecule has 5 rings (SSSR count). The average molecular weight is 447 g/mol.